The number of nitrogens with one attached hydrogen (secondary N) is 1. The maximum atomic E-state index is 13.9. The van der Waals surface area contributed by atoms with Gasteiger partial charge in [0.2, 0.25) is 11.8 Å². The molecule has 0 unspecified atom stereocenters. The van der Waals surface area contributed by atoms with Crippen molar-refractivity contribution in [3.63, 3.8) is 0 Å². The van der Waals surface area contributed by atoms with Gasteiger partial charge < -0.3 is 10.2 Å². The van der Waals surface area contributed by atoms with Gasteiger partial charge in [-0.3, -0.25) is 9.59 Å². The molecule has 2 aromatic carbocycles. The van der Waals surface area contributed by atoms with Gasteiger partial charge in [-0.15, -0.1) is 11.8 Å². The molecule has 1 atom stereocenters. The Hall–Kier alpha value is -2.05. The summed E-state index contributed by atoms with van der Waals surface area (Å²) in [7, 11) is 0. The molecule has 32 heavy (non-hydrogen) atoms. The first-order valence-electron chi connectivity index (χ1n) is 11.1. The smallest absolute Gasteiger partial charge is 0.242 e. The molecule has 4 nitrogen and oxygen atoms in total. The molecular weight excluding hydrogens is 447 g/mol. The second-order valence-electron chi connectivity index (χ2n) is 8.25. The number of nitrogens with zero attached hydrogens (tertiary/aromatic N) is 1. The molecule has 0 saturated heterocycles. The highest BCUT2D eigenvalue weighted by Gasteiger charge is 2.28. The average Bonchev–Trinajstić information content (AvgIpc) is 2.80. The van der Waals surface area contributed by atoms with E-state index in [-0.39, 0.29) is 29.4 Å². The van der Waals surface area contributed by atoms with Crippen LogP contribution in [0.25, 0.3) is 0 Å². The van der Waals surface area contributed by atoms with Crippen molar-refractivity contribution < 1.29 is 14.0 Å². The average molecular weight is 477 g/mol. The molecule has 172 valence electrons. The highest BCUT2D eigenvalue weighted by molar-refractivity contribution is 7.99. The van der Waals surface area contributed by atoms with Crippen LogP contribution < -0.4 is 5.32 Å². The Morgan fingerprint density at radius 2 is 1.81 bits per heavy atom. The van der Waals surface area contributed by atoms with Gasteiger partial charge in [0.15, 0.2) is 0 Å². The summed E-state index contributed by atoms with van der Waals surface area (Å²) >= 11 is 7.34. The molecule has 3 rings (SSSR count). The Morgan fingerprint density at radius 1 is 1.12 bits per heavy atom. The first-order valence-corrected chi connectivity index (χ1v) is 12.6. The summed E-state index contributed by atoms with van der Waals surface area (Å²) in [5.41, 5.74) is 1.47. The standard InChI is InChI=1S/C25H30ClFN2O2S/c1-18(25(31)28-22-8-3-2-4-9-22)29(15-19-11-13-21(26)14-12-19)24(30)17-32-16-20-7-5-6-10-23(20)27/h5-7,10-14,18,22H,2-4,8-9,15-17H2,1H3,(H,28,31)/t18-/m1/s1. The molecule has 7 heteroatoms. The molecule has 0 heterocycles. The Bertz CT molecular complexity index is 903. The van der Waals surface area contributed by atoms with Crippen LogP contribution in [0.3, 0.4) is 0 Å². The predicted octanol–water partition coefficient (Wildman–Crippen LogP) is 5.58. The summed E-state index contributed by atoms with van der Waals surface area (Å²) in [4.78, 5) is 27.7. The van der Waals surface area contributed by atoms with Gasteiger partial charge in [-0.05, 0) is 49.1 Å². The molecule has 1 fully saturated rings. The number of hydrogen-bond donors (Lipinski definition) is 1. The van der Waals surface area contributed by atoms with Crippen molar-refractivity contribution in [2.45, 2.75) is 63.4 Å². The van der Waals surface area contributed by atoms with Crippen LogP contribution in [0.5, 0.6) is 0 Å². The van der Waals surface area contributed by atoms with Crippen LogP contribution in [-0.4, -0.2) is 34.6 Å². The van der Waals surface area contributed by atoms with Gasteiger partial charge in [0.05, 0.1) is 5.75 Å². The summed E-state index contributed by atoms with van der Waals surface area (Å²) in [6.45, 7) is 2.09. The van der Waals surface area contributed by atoms with E-state index < -0.39 is 6.04 Å². The minimum absolute atomic E-state index is 0.127. The zero-order valence-corrected chi connectivity index (χ0v) is 19.9. The molecule has 2 amide bonds. The van der Waals surface area contributed by atoms with Crippen molar-refractivity contribution in [3.8, 4) is 0 Å². The van der Waals surface area contributed by atoms with Crippen molar-refractivity contribution >= 4 is 35.2 Å². The van der Waals surface area contributed by atoms with Crippen molar-refractivity contribution in [1.29, 1.82) is 0 Å². The SMILES string of the molecule is C[C@H](C(=O)NC1CCCCC1)N(Cc1ccc(Cl)cc1)C(=O)CSCc1ccccc1F. The Balaban J connectivity index is 1.65. The largest absolute Gasteiger partial charge is 0.352 e. The zero-order chi connectivity index (χ0) is 22.9. The summed E-state index contributed by atoms with van der Waals surface area (Å²) in [5.74, 6) is 0.0235. The van der Waals surface area contributed by atoms with Crippen LogP contribution in [0.2, 0.25) is 5.02 Å². The molecule has 2 aromatic rings. The summed E-state index contributed by atoms with van der Waals surface area (Å²) in [6.07, 6.45) is 5.44. The number of carbonyl (C=O) groups is 2. The molecule has 0 radical (unpaired) electrons. The van der Waals surface area contributed by atoms with Gasteiger partial charge in [0, 0.05) is 23.4 Å². The fraction of sp³-hybridized carbons (Fsp3) is 0.440. The third-order valence-electron chi connectivity index (χ3n) is 5.83. The second kappa shape index (κ2) is 12.3. The monoisotopic (exact) mass is 476 g/mol. The van der Waals surface area contributed by atoms with E-state index in [0.29, 0.717) is 22.9 Å². The Morgan fingerprint density at radius 3 is 2.50 bits per heavy atom. The van der Waals surface area contributed by atoms with Gasteiger partial charge in [0.25, 0.3) is 0 Å². The number of hydrogen-bond acceptors (Lipinski definition) is 3. The normalized spacial score (nSPS) is 15.2. The lowest BCUT2D eigenvalue weighted by Crippen LogP contribution is -2.50. The molecule has 1 saturated carbocycles. The summed E-state index contributed by atoms with van der Waals surface area (Å²) in [5, 5.41) is 3.75. The van der Waals surface area contributed by atoms with Crippen LogP contribution >= 0.6 is 23.4 Å². The minimum atomic E-state index is -0.603. The maximum Gasteiger partial charge on any atom is 0.242 e. The van der Waals surface area contributed by atoms with E-state index in [4.69, 9.17) is 11.6 Å². The third kappa shape index (κ3) is 7.24. The number of carbonyl (C=O) groups excluding carboxylic acids is 2. The lowest BCUT2D eigenvalue weighted by atomic mass is 9.95. The van der Waals surface area contributed by atoms with Crippen LogP contribution in [0.4, 0.5) is 4.39 Å². The van der Waals surface area contributed by atoms with Crippen molar-refractivity contribution in [3.05, 3.63) is 70.5 Å². The molecular formula is C25H30ClFN2O2S. The van der Waals surface area contributed by atoms with Gasteiger partial charge in [-0.1, -0.05) is 61.2 Å². The fourth-order valence-electron chi connectivity index (χ4n) is 3.88. The molecule has 0 spiro atoms. The number of halogens is 2. The van der Waals surface area contributed by atoms with Gasteiger partial charge in [0.1, 0.15) is 11.9 Å². The maximum absolute atomic E-state index is 13.9. The lowest BCUT2D eigenvalue weighted by Gasteiger charge is -2.31. The van der Waals surface area contributed by atoms with E-state index in [9.17, 15) is 14.0 Å². The molecule has 0 bridgehead atoms. The molecule has 1 aliphatic rings. The fourth-order valence-corrected chi connectivity index (χ4v) is 4.91. The van der Waals surface area contributed by atoms with E-state index in [2.05, 4.69) is 5.32 Å². The minimum Gasteiger partial charge on any atom is -0.352 e. The lowest BCUT2D eigenvalue weighted by molar-refractivity contribution is -0.139. The predicted molar refractivity (Wildman–Crippen MR) is 129 cm³/mol. The molecule has 0 aliphatic heterocycles. The van der Waals surface area contributed by atoms with Crippen LogP contribution in [-0.2, 0) is 21.9 Å². The Labute approximate surface area is 198 Å². The molecule has 1 aliphatic carbocycles. The quantitative estimate of drug-likeness (QED) is 0.514. The van der Waals surface area contributed by atoms with E-state index in [1.54, 1.807) is 42.2 Å². The summed E-state index contributed by atoms with van der Waals surface area (Å²) in [6, 6.07) is 13.4. The first-order chi connectivity index (χ1) is 15.4. The van der Waals surface area contributed by atoms with E-state index in [0.717, 1.165) is 31.2 Å². The van der Waals surface area contributed by atoms with Crippen molar-refractivity contribution in [1.82, 2.24) is 10.2 Å². The number of rotatable bonds is 9. The highest BCUT2D eigenvalue weighted by atomic mass is 35.5. The van der Waals surface area contributed by atoms with E-state index in [1.165, 1.54) is 24.2 Å². The van der Waals surface area contributed by atoms with Crippen LogP contribution in [0, 0.1) is 5.82 Å². The topological polar surface area (TPSA) is 49.4 Å². The van der Waals surface area contributed by atoms with E-state index >= 15 is 0 Å². The highest BCUT2D eigenvalue weighted by Crippen LogP contribution is 2.20. The Kier molecular flexibility index (Phi) is 9.42. The molecule has 0 aromatic heterocycles. The zero-order valence-electron chi connectivity index (χ0n) is 18.4. The molecule has 1 N–H and O–H groups in total. The van der Waals surface area contributed by atoms with Gasteiger partial charge >= 0.3 is 0 Å². The second-order valence-corrected chi connectivity index (χ2v) is 9.67. The van der Waals surface area contributed by atoms with Crippen LogP contribution in [0.15, 0.2) is 48.5 Å². The number of benzene rings is 2. The van der Waals surface area contributed by atoms with Crippen molar-refractivity contribution in [2.75, 3.05) is 5.75 Å². The van der Waals surface area contributed by atoms with Crippen molar-refractivity contribution in [2.24, 2.45) is 0 Å². The van der Waals surface area contributed by atoms with Crippen LogP contribution in [0.1, 0.15) is 50.2 Å². The van der Waals surface area contributed by atoms with E-state index in [1.807, 2.05) is 12.1 Å². The number of amides is 2. The summed E-state index contributed by atoms with van der Waals surface area (Å²) < 4.78 is 13.9. The third-order valence-corrected chi connectivity index (χ3v) is 7.04. The first kappa shape index (κ1) is 24.6. The number of thioether (sulfide) groups is 1. The van der Waals surface area contributed by atoms with Gasteiger partial charge in [-0.25, -0.2) is 4.39 Å². The van der Waals surface area contributed by atoms with Gasteiger partial charge in [-0.2, -0.15) is 0 Å².